The first-order valence-corrected chi connectivity index (χ1v) is 8.43. The number of hydrogen-bond acceptors (Lipinski definition) is 4. The van der Waals surface area contributed by atoms with Crippen LogP contribution in [0.25, 0.3) is 5.69 Å². The number of aromatic hydroxyl groups is 1. The first-order chi connectivity index (χ1) is 12.0. The Morgan fingerprint density at radius 2 is 1.92 bits per heavy atom. The fourth-order valence-corrected chi connectivity index (χ4v) is 3.20. The molecule has 3 rings (SSSR count). The molecular weight excluding hydrogens is 325 g/mol. The number of aromatic nitrogens is 2. The second-order valence-corrected chi connectivity index (χ2v) is 6.59. The van der Waals surface area contributed by atoms with Crippen molar-refractivity contribution in [1.82, 2.24) is 14.7 Å². The molecule has 25 heavy (non-hydrogen) atoms. The molecular formula is C18H22FN3O3. The van der Waals surface area contributed by atoms with E-state index in [0.29, 0.717) is 18.8 Å². The van der Waals surface area contributed by atoms with Crippen LogP contribution in [0.4, 0.5) is 4.39 Å². The number of rotatable bonds is 4. The SMILES string of the molecule is CCC1(CO)CCN(C(=O)c2nn(-c3ccc(F)cc3)cc2O)CC1. The van der Waals surface area contributed by atoms with Gasteiger partial charge in [0.2, 0.25) is 0 Å². The molecule has 1 amide bonds. The van der Waals surface area contributed by atoms with E-state index in [1.807, 2.05) is 6.92 Å². The molecule has 0 atom stereocenters. The molecule has 2 heterocycles. The third-order valence-corrected chi connectivity index (χ3v) is 5.19. The molecule has 0 spiro atoms. The molecule has 0 bridgehead atoms. The number of likely N-dealkylation sites (tertiary alicyclic amines) is 1. The zero-order valence-electron chi connectivity index (χ0n) is 14.2. The maximum Gasteiger partial charge on any atom is 0.278 e. The van der Waals surface area contributed by atoms with Crippen LogP contribution in [0.5, 0.6) is 5.75 Å². The Morgan fingerprint density at radius 3 is 2.48 bits per heavy atom. The van der Waals surface area contributed by atoms with Crippen molar-refractivity contribution in [1.29, 1.82) is 0 Å². The second kappa shape index (κ2) is 6.84. The van der Waals surface area contributed by atoms with Gasteiger partial charge in [-0.25, -0.2) is 9.07 Å². The Kier molecular flexibility index (Phi) is 4.76. The van der Waals surface area contributed by atoms with E-state index in [0.717, 1.165) is 19.3 Å². The van der Waals surface area contributed by atoms with Crippen molar-refractivity contribution in [2.45, 2.75) is 26.2 Å². The van der Waals surface area contributed by atoms with Crippen LogP contribution in [-0.4, -0.2) is 50.5 Å². The Morgan fingerprint density at radius 1 is 1.28 bits per heavy atom. The summed E-state index contributed by atoms with van der Waals surface area (Å²) >= 11 is 0. The van der Waals surface area contributed by atoms with Gasteiger partial charge in [-0.3, -0.25) is 4.79 Å². The van der Waals surface area contributed by atoms with E-state index in [4.69, 9.17) is 0 Å². The summed E-state index contributed by atoms with van der Waals surface area (Å²) in [5.74, 6) is -0.905. The highest BCUT2D eigenvalue weighted by molar-refractivity contribution is 5.94. The van der Waals surface area contributed by atoms with Gasteiger partial charge in [-0.1, -0.05) is 6.92 Å². The maximum absolute atomic E-state index is 13.0. The molecule has 1 aromatic heterocycles. The molecule has 1 aromatic carbocycles. The monoisotopic (exact) mass is 347 g/mol. The van der Waals surface area contributed by atoms with Gasteiger partial charge in [-0.15, -0.1) is 0 Å². The zero-order valence-corrected chi connectivity index (χ0v) is 14.2. The van der Waals surface area contributed by atoms with Gasteiger partial charge < -0.3 is 15.1 Å². The van der Waals surface area contributed by atoms with Crippen molar-refractivity contribution in [3.05, 3.63) is 42.0 Å². The summed E-state index contributed by atoms with van der Waals surface area (Å²) in [7, 11) is 0. The molecule has 134 valence electrons. The number of amides is 1. The lowest BCUT2D eigenvalue weighted by Gasteiger charge is -2.40. The lowest BCUT2D eigenvalue weighted by Crippen LogP contribution is -2.44. The van der Waals surface area contributed by atoms with Crippen LogP contribution in [0.2, 0.25) is 0 Å². The Balaban J connectivity index is 1.76. The van der Waals surface area contributed by atoms with Crippen molar-refractivity contribution in [3.63, 3.8) is 0 Å². The highest BCUT2D eigenvalue weighted by atomic mass is 19.1. The number of piperidine rings is 1. The predicted molar refractivity (Wildman–Crippen MR) is 90.1 cm³/mol. The summed E-state index contributed by atoms with van der Waals surface area (Å²) in [5, 5.41) is 23.9. The van der Waals surface area contributed by atoms with Crippen molar-refractivity contribution in [2.75, 3.05) is 19.7 Å². The lowest BCUT2D eigenvalue weighted by atomic mass is 9.77. The third-order valence-electron chi connectivity index (χ3n) is 5.19. The van der Waals surface area contributed by atoms with Crippen LogP contribution >= 0.6 is 0 Å². The van der Waals surface area contributed by atoms with Crippen molar-refractivity contribution in [2.24, 2.45) is 5.41 Å². The van der Waals surface area contributed by atoms with Gasteiger partial charge in [0.25, 0.3) is 5.91 Å². The smallest absolute Gasteiger partial charge is 0.278 e. The number of nitrogens with zero attached hydrogens (tertiary/aromatic N) is 3. The van der Waals surface area contributed by atoms with E-state index < -0.39 is 0 Å². The third kappa shape index (κ3) is 3.37. The first kappa shape index (κ1) is 17.4. The average Bonchev–Trinajstić information content (AvgIpc) is 3.03. The highest BCUT2D eigenvalue weighted by Crippen LogP contribution is 2.35. The quantitative estimate of drug-likeness (QED) is 0.890. The zero-order chi connectivity index (χ0) is 18.0. The predicted octanol–water partition coefficient (Wildman–Crippen LogP) is 2.34. The number of aliphatic hydroxyl groups excluding tert-OH is 1. The van der Waals surface area contributed by atoms with Gasteiger partial charge in [0, 0.05) is 19.7 Å². The number of benzene rings is 1. The summed E-state index contributed by atoms with van der Waals surface area (Å²) in [6, 6.07) is 5.63. The number of carbonyl (C=O) groups excluding carboxylic acids is 1. The van der Waals surface area contributed by atoms with Gasteiger partial charge in [0.15, 0.2) is 11.4 Å². The topological polar surface area (TPSA) is 78.6 Å². The minimum atomic E-state index is -0.368. The molecule has 0 saturated carbocycles. The van der Waals surface area contributed by atoms with E-state index in [1.54, 1.807) is 4.90 Å². The normalized spacial score (nSPS) is 16.8. The summed E-state index contributed by atoms with van der Waals surface area (Å²) in [5.41, 5.74) is 0.420. The minimum Gasteiger partial charge on any atom is -0.504 e. The summed E-state index contributed by atoms with van der Waals surface area (Å²) in [6.45, 7) is 3.21. The van der Waals surface area contributed by atoms with Crippen LogP contribution in [0.3, 0.4) is 0 Å². The number of aliphatic hydroxyl groups is 1. The molecule has 1 aliphatic rings. The van der Waals surface area contributed by atoms with Crippen molar-refractivity contribution >= 4 is 5.91 Å². The van der Waals surface area contributed by atoms with Crippen LogP contribution in [-0.2, 0) is 0 Å². The van der Waals surface area contributed by atoms with Crippen LogP contribution in [0.15, 0.2) is 30.5 Å². The highest BCUT2D eigenvalue weighted by Gasteiger charge is 2.35. The molecule has 0 radical (unpaired) electrons. The lowest BCUT2D eigenvalue weighted by molar-refractivity contribution is 0.0333. The Hall–Kier alpha value is -2.41. The fourth-order valence-electron chi connectivity index (χ4n) is 3.20. The standard InChI is InChI=1S/C18H22FN3O3/c1-2-18(12-23)7-9-21(10-8-18)17(25)16-15(24)11-22(20-16)14-5-3-13(19)4-6-14/h3-6,11,23-24H,2,7-10,12H2,1H3. The number of carbonyl (C=O) groups is 1. The van der Waals surface area contributed by atoms with E-state index >= 15 is 0 Å². The van der Waals surface area contributed by atoms with Crippen LogP contribution in [0, 0.1) is 11.2 Å². The van der Waals surface area contributed by atoms with E-state index in [2.05, 4.69) is 5.10 Å². The molecule has 7 heteroatoms. The molecule has 0 unspecified atom stereocenters. The first-order valence-electron chi connectivity index (χ1n) is 8.43. The Bertz CT molecular complexity index is 743. The average molecular weight is 347 g/mol. The minimum absolute atomic E-state index is 0.0164. The maximum atomic E-state index is 13.0. The van der Waals surface area contributed by atoms with Gasteiger partial charge in [-0.2, -0.15) is 5.10 Å². The molecule has 2 N–H and O–H groups in total. The largest absolute Gasteiger partial charge is 0.504 e. The van der Waals surface area contributed by atoms with Gasteiger partial charge >= 0.3 is 0 Å². The summed E-state index contributed by atoms with van der Waals surface area (Å²) in [6.07, 6.45) is 3.67. The molecule has 1 saturated heterocycles. The van der Waals surface area contributed by atoms with Gasteiger partial charge in [0.05, 0.1) is 11.9 Å². The van der Waals surface area contributed by atoms with E-state index in [1.165, 1.54) is 35.1 Å². The second-order valence-electron chi connectivity index (χ2n) is 6.59. The van der Waals surface area contributed by atoms with Crippen molar-refractivity contribution in [3.8, 4) is 11.4 Å². The van der Waals surface area contributed by atoms with Crippen LogP contribution < -0.4 is 0 Å². The van der Waals surface area contributed by atoms with E-state index in [-0.39, 0.29) is 35.2 Å². The number of hydrogen-bond donors (Lipinski definition) is 2. The number of halogens is 1. The molecule has 0 aliphatic carbocycles. The molecule has 2 aromatic rings. The van der Waals surface area contributed by atoms with Gasteiger partial charge in [0.1, 0.15) is 5.82 Å². The fraction of sp³-hybridized carbons (Fsp3) is 0.444. The molecule has 1 fully saturated rings. The van der Waals surface area contributed by atoms with Crippen molar-refractivity contribution < 1.29 is 19.4 Å². The molecule has 1 aliphatic heterocycles. The molecule has 6 nitrogen and oxygen atoms in total. The Labute approximate surface area is 145 Å². The van der Waals surface area contributed by atoms with Crippen LogP contribution in [0.1, 0.15) is 36.7 Å². The van der Waals surface area contributed by atoms with Gasteiger partial charge in [-0.05, 0) is 48.9 Å². The van der Waals surface area contributed by atoms with E-state index in [9.17, 15) is 19.4 Å². The summed E-state index contributed by atoms with van der Waals surface area (Å²) in [4.78, 5) is 14.3. The summed E-state index contributed by atoms with van der Waals surface area (Å²) < 4.78 is 14.4.